The summed E-state index contributed by atoms with van der Waals surface area (Å²) in [5.74, 6) is 0. The van der Waals surface area contributed by atoms with Gasteiger partial charge < -0.3 is 21.4 Å². The topological polar surface area (TPSA) is 118 Å². The number of aromatic amines is 2. The third kappa shape index (κ3) is 5.23. The van der Waals surface area contributed by atoms with E-state index in [0.29, 0.717) is 17.9 Å². The molecule has 0 aromatic carbocycles. The number of H-pyrrole nitrogens is 2. The summed E-state index contributed by atoms with van der Waals surface area (Å²) >= 11 is 0. The van der Waals surface area contributed by atoms with Crippen LogP contribution in [-0.2, 0) is 17.1 Å². The van der Waals surface area contributed by atoms with Gasteiger partial charge in [0.1, 0.15) is 0 Å². The fourth-order valence-electron chi connectivity index (χ4n) is 1.36. The molecule has 103 valence electrons. The van der Waals surface area contributed by atoms with Gasteiger partial charge in [0, 0.05) is 42.0 Å². The van der Waals surface area contributed by atoms with Crippen molar-refractivity contribution in [3.63, 3.8) is 0 Å². The van der Waals surface area contributed by atoms with E-state index in [2.05, 4.69) is 9.97 Å². The Morgan fingerprint density at radius 1 is 1.16 bits per heavy atom. The Kier molecular flexibility index (Phi) is 8.48. The van der Waals surface area contributed by atoms with Crippen LogP contribution in [0.15, 0.2) is 30.6 Å². The van der Waals surface area contributed by atoms with Gasteiger partial charge in [-0.3, -0.25) is 9.59 Å². The Labute approximate surface area is 121 Å². The number of aldehydes is 2. The minimum absolute atomic E-state index is 0. The summed E-state index contributed by atoms with van der Waals surface area (Å²) in [7, 11) is 0. The summed E-state index contributed by atoms with van der Waals surface area (Å²) in [5.41, 5.74) is 12.9. The average molecular weight is 303 g/mol. The molecule has 0 bridgehead atoms. The van der Waals surface area contributed by atoms with E-state index < -0.39 is 0 Å². The summed E-state index contributed by atoms with van der Waals surface area (Å²) in [6.07, 6.45) is 4.91. The van der Waals surface area contributed by atoms with E-state index in [9.17, 15) is 9.59 Å². The number of nitrogens with two attached hydrogens (primary N) is 2. The van der Waals surface area contributed by atoms with Gasteiger partial charge in [-0.1, -0.05) is 0 Å². The second kappa shape index (κ2) is 9.29. The van der Waals surface area contributed by atoms with Crippen molar-refractivity contribution >= 4 is 12.6 Å². The van der Waals surface area contributed by atoms with E-state index in [1.54, 1.807) is 30.6 Å². The van der Waals surface area contributed by atoms with Crippen molar-refractivity contribution in [2.45, 2.75) is 6.04 Å². The Balaban J connectivity index is 0.000000352. The van der Waals surface area contributed by atoms with Crippen LogP contribution in [0.3, 0.4) is 0 Å². The SMILES string of the molecule is NCC(N)c1cc[nH]c1C=O.O=Cc1ccc[nH]1.[Mn]. The van der Waals surface area contributed by atoms with Crippen molar-refractivity contribution in [2.75, 3.05) is 6.54 Å². The molecule has 0 aliphatic heterocycles. The average Bonchev–Trinajstić information content (AvgIpc) is 3.08. The van der Waals surface area contributed by atoms with E-state index >= 15 is 0 Å². The minimum atomic E-state index is -0.249. The second-order valence-electron chi connectivity index (χ2n) is 3.55. The fraction of sp³-hybridized carbons (Fsp3) is 0.167. The summed E-state index contributed by atoms with van der Waals surface area (Å²) in [6.45, 7) is 0.346. The fourth-order valence-corrected chi connectivity index (χ4v) is 1.36. The van der Waals surface area contributed by atoms with Crippen molar-refractivity contribution in [1.29, 1.82) is 0 Å². The van der Waals surface area contributed by atoms with Crippen molar-refractivity contribution in [2.24, 2.45) is 11.5 Å². The molecule has 1 radical (unpaired) electrons. The third-order valence-corrected chi connectivity index (χ3v) is 2.33. The maximum Gasteiger partial charge on any atom is 0.166 e. The quantitative estimate of drug-likeness (QED) is 0.489. The maximum absolute atomic E-state index is 10.4. The molecule has 0 spiro atoms. The molecular formula is C12H16MnN4O2. The summed E-state index contributed by atoms with van der Waals surface area (Å²) in [4.78, 5) is 25.7. The molecule has 6 N–H and O–H groups in total. The zero-order chi connectivity index (χ0) is 13.4. The van der Waals surface area contributed by atoms with Crippen LogP contribution in [0.2, 0.25) is 0 Å². The number of carbonyl (C=O) groups is 2. The summed E-state index contributed by atoms with van der Waals surface area (Å²) < 4.78 is 0. The number of rotatable bonds is 4. The molecule has 0 amide bonds. The molecule has 2 heterocycles. The molecule has 2 aromatic rings. The largest absolute Gasteiger partial charge is 0.359 e. The molecule has 1 unspecified atom stereocenters. The van der Waals surface area contributed by atoms with E-state index in [0.717, 1.165) is 18.1 Å². The molecule has 0 saturated heterocycles. The van der Waals surface area contributed by atoms with Crippen molar-refractivity contribution < 1.29 is 26.7 Å². The molecule has 2 aromatic heterocycles. The van der Waals surface area contributed by atoms with Crippen molar-refractivity contribution in [3.05, 3.63) is 47.5 Å². The second-order valence-corrected chi connectivity index (χ2v) is 3.55. The Bertz CT molecular complexity index is 482. The first kappa shape index (κ1) is 17.3. The van der Waals surface area contributed by atoms with Crippen LogP contribution in [0.5, 0.6) is 0 Å². The first-order chi connectivity index (χ1) is 8.72. The zero-order valence-electron chi connectivity index (χ0n) is 10.2. The van der Waals surface area contributed by atoms with Crippen LogP contribution in [-0.4, -0.2) is 29.1 Å². The Morgan fingerprint density at radius 3 is 2.32 bits per heavy atom. The molecular weight excluding hydrogens is 287 g/mol. The van der Waals surface area contributed by atoms with Crippen LogP contribution in [0.25, 0.3) is 0 Å². The van der Waals surface area contributed by atoms with Gasteiger partial charge in [0.05, 0.1) is 11.4 Å². The van der Waals surface area contributed by atoms with Crippen LogP contribution in [0, 0.1) is 0 Å². The number of nitrogens with one attached hydrogen (secondary N) is 2. The van der Waals surface area contributed by atoms with Crippen LogP contribution >= 0.6 is 0 Å². The standard InChI is InChI=1S/C7H11N3O.C5H5NO.Mn/c8-3-6(9)5-1-2-10-7(5)4-11;7-4-5-2-1-3-6-5;/h1-2,4,6,10H,3,8-9H2;1-4,6H;. The van der Waals surface area contributed by atoms with Crippen LogP contribution in [0.1, 0.15) is 32.6 Å². The number of hydrogen-bond acceptors (Lipinski definition) is 4. The number of aromatic nitrogens is 2. The summed E-state index contributed by atoms with van der Waals surface area (Å²) in [6, 6.07) is 5.01. The maximum atomic E-state index is 10.4. The van der Waals surface area contributed by atoms with E-state index in [1.807, 2.05) is 0 Å². The minimum Gasteiger partial charge on any atom is -0.359 e. The molecule has 0 saturated carbocycles. The first-order valence-corrected chi connectivity index (χ1v) is 5.39. The molecule has 1 atom stereocenters. The molecule has 6 nitrogen and oxygen atoms in total. The van der Waals surface area contributed by atoms with E-state index in [4.69, 9.17) is 11.5 Å². The van der Waals surface area contributed by atoms with Crippen molar-refractivity contribution in [3.8, 4) is 0 Å². The van der Waals surface area contributed by atoms with Gasteiger partial charge in [0.2, 0.25) is 0 Å². The van der Waals surface area contributed by atoms with Crippen LogP contribution < -0.4 is 11.5 Å². The van der Waals surface area contributed by atoms with E-state index in [-0.39, 0.29) is 23.1 Å². The number of hydrogen-bond donors (Lipinski definition) is 4. The molecule has 7 heteroatoms. The van der Waals surface area contributed by atoms with Crippen LogP contribution in [0.4, 0.5) is 0 Å². The van der Waals surface area contributed by atoms with Crippen molar-refractivity contribution in [1.82, 2.24) is 9.97 Å². The van der Waals surface area contributed by atoms with Gasteiger partial charge in [-0.15, -0.1) is 0 Å². The van der Waals surface area contributed by atoms with E-state index in [1.165, 1.54) is 0 Å². The molecule has 0 fully saturated rings. The van der Waals surface area contributed by atoms with Gasteiger partial charge in [0.15, 0.2) is 12.6 Å². The molecule has 0 aliphatic carbocycles. The van der Waals surface area contributed by atoms with Gasteiger partial charge in [-0.05, 0) is 23.8 Å². The molecule has 2 rings (SSSR count). The zero-order valence-corrected chi connectivity index (χ0v) is 11.4. The smallest absolute Gasteiger partial charge is 0.166 e. The van der Waals surface area contributed by atoms with Gasteiger partial charge in [-0.25, -0.2) is 0 Å². The molecule has 0 aliphatic rings. The normalized spacial score (nSPS) is 10.6. The van der Waals surface area contributed by atoms with Gasteiger partial charge in [0.25, 0.3) is 0 Å². The third-order valence-electron chi connectivity index (χ3n) is 2.33. The predicted octanol–water partition coefficient (Wildman–Crippen LogP) is 0.610. The Morgan fingerprint density at radius 2 is 1.89 bits per heavy atom. The van der Waals surface area contributed by atoms with Gasteiger partial charge in [-0.2, -0.15) is 0 Å². The first-order valence-electron chi connectivity index (χ1n) is 5.39. The molecule has 19 heavy (non-hydrogen) atoms. The number of carbonyl (C=O) groups excluding carboxylic acids is 2. The summed E-state index contributed by atoms with van der Waals surface area (Å²) in [5, 5.41) is 0. The predicted molar refractivity (Wildman–Crippen MR) is 68.3 cm³/mol. The Hall–Kier alpha value is -1.66. The van der Waals surface area contributed by atoms with Gasteiger partial charge >= 0.3 is 0 Å². The monoisotopic (exact) mass is 303 g/mol.